The molecule has 1 rings (SSSR count). The number of guanidine groups is 1. The number of nitrogens with two attached hydrogens (primary N) is 1. The van der Waals surface area contributed by atoms with E-state index in [1.54, 1.807) is 5.01 Å². The third-order valence-electron chi connectivity index (χ3n) is 1.25. The van der Waals surface area contributed by atoms with Gasteiger partial charge in [-0.1, -0.05) is 6.92 Å². The molecule has 0 aromatic rings. The molecule has 4 N–H and O–H groups in total. The average Bonchev–Trinajstić information content (AvgIpc) is 2.13. The van der Waals surface area contributed by atoms with Crippen molar-refractivity contribution in [2.75, 3.05) is 13.1 Å². The van der Waals surface area contributed by atoms with Crippen LogP contribution in [0.5, 0.6) is 0 Å². The van der Waals surface area contributed by atoms with E-state index in [2.05, 4.69) is 10.4 Å². The summed E-state index contributed by atoms with van der Waals surface area (Å²) in [4.78, 5) is 3.70. The predicted octanol–water partition coefficient (Wildman–Crippen LogP) is -1.54. The number of aliphatic imine (C=N–C) groups is 1. The molecule has 1 heterocycles. The van der Waals surface area contributed by atoms with Crippen molar-refractivity contribution in [2.45, 2.75) is 13.2 Å². The lowest BCUT2D eigenvalue weighted by atomic mass is 10.6. The highest BCUT2D eigenvalue weighted by atomic mass is 16.3. The summed E-state index contributed by atoms with van der Waals surface area (Å²) in [6.45, 7) is 3.18. The highest BCUT2D eigenvalue weighted by Crippen LogP contribution is 1.99. The number of hydrogen-bond donors (Lipinski definition) is 3. The lowest BCUT2D eigenvalue weighted by molar-refractivity contribution is 0.156. The van der Waals surface area contributed by atoms with Crippen LogP contribution in [0, 0.1) is 0 Å². The van der Waals surface area contributed by atoms with Gasteiger partial charge in [-0.05, 0) is 0 Å². The number of nitrogens with one attached hydrogen (secondary N) is 1. The maximum absolute atomic E-state index is 8.95. The van der Waals surface area contributed by atoms with Gasteiger partial charge in [0.1, 0.15) is 0 Å². The van der Waals surface area contributed by atoms with Crippen molar-refractivity contribution >= 4 is 5.96 Å². The topological polar surface area (TPSA) is 73.9 Å². The number of hydrazine groups is 1. The van der Waals surface area contributed by atoms with E-state index in [9.17, 15) is 0 Å². The Balaban J connectivity index is 2.43. The second-order valence-corrected chi connectivity index (χ2v) is 2.09. The lowest BCUT2D eigenvalue weighted by Crippen LogP contribution is -2.44. The van der Waals surface area contributed by atoms with Crippen molar-refractivity contribution in [1.29, 1.82) is 0 Å². The van der Waals surface area contributed by atoms with E-state index >= 15 is 0 Å². The van der Waals surface area contributed by atoms with E-state index in [1.807, 2.05) is 6.92 Å². The van der Waals surface area contributed by atoms with Crippen molar-refractivity contribution in [3.05, 3.63) is 0 Å². The first-order valence-electron chi connectivity index (χ1n) is 3.26. The van der Waals surface area contributed by atoms with E-state index < -0.39 is 6.23 Å². The van der Waals surface area contributed by atoms with Crippen LogP contribution in [0.25, 0.3) is 0 Å². The number of nitrogens with zero attached hydrogens (tertiary/aromatic N) is 2. The van der Waals surface area contributed by atoms with Crippen LogP contribution in [0.3, 0.4) is 0 Å². The summed E-state index contributed by atoms with van der Waals surface area (Å²) in [7, 11) is 0. The number of β-amino-alcohol motifs (C(OH)–C–C–N with tert-alkyl or cyclic N) is 1. The Hall–Kier alpha value is -0.810. The first-order chi connectivity index (χ1) is 4.74. The van der Waals surface area contributed by atoms with Crippen LogP contribution in [-0.2, 0) is 0 Å². The van der Waals surface area contributed by atoms with Crippen LogP contribution in [0.4, 0.5) is 0 Å². The van der Waals surface area contributed by atoms with Crippen molar-refractivity contribution in [2.24, 2.45) is 10.7 Å². The van der Waals surface area contributed by atoms with Gasteiger partial charge in [0.25, 0.3) is 0 Å². The minimum Gasteiger partial charge on any atom is -0.370 e. The summed E-state index contributed by atoms with van der Waals surface area (Å²) >= 11 is 0. The van der Waals surface area contributed by atoms with E-state index in [1.165, 1.54) is 0 Å². The highest BCUT2D eigenvalue weighted by molar-refractivity contribution is 5.79. The SMILES string of the molecule is CCNN1CC(O)N=C1N. The van der Waals surface area contributed by atoms with Crippen LogP contribution in [0.15, 0.2) is 4.99 Å². The Morgan fingerprint density at radius 1 is 2.00 bits per heavy atom. The molecule has 0 aromatic heterocycles. The van der Waals surface area contributed by atoms with Crippen LogP contribution < -0.4 is 11.2 Å². The van der Waals surface area contributed by atoms with Crippen LogP contribution in [-0.4, -0.2) is 35.4 Å². The van der Waals surface area contributed by atoms with Crippen molar-refractivity contribution in [3.63, 3.8) is 0 Å². The molecule has 0 radical (unpaired) electrons. The van der Waals surface area contributed by atoms with Crippen molar-refractivity contribution in [3.8, 4) is 0 Å². The molecule has 5 nitrogen and oxygen atoms in total. The average molecular weight is 144 g/mol. The van der Waals surface area contributed by atoms with Crippen LogP contribution >= 0.6 is 0 Å². The van der Waals surface area contributed by atoms with Gasteiger partial charge in [-0.3, -0.25) is 5.01 Å². The molecule has 0 aliphatic carbocycles. The molecule has 1 aliphatic heterocycles. The smallest absolute Gasteiger partial charge is 0.208 e. The molecule has 0 bridgehead atoms. The van der Waals surface area contributed by atoms with Gasteiger partial charge in [0, 0.05) is 6.54 Å². The summed E-state index contributed by atoms with van der Waals surface area (Å²) in [6.07, 6.45) is -0.668. The second kappa shape index (κ2) is 2.85. The normalized spacial score (nSPS) is 25.2. The van der Waals surface area contributed by atoms with Gasteiger partial charge in [0.05, 0.1) is 6.54 Å². The van der Waals surface area contributed by atoms with E-state index in [-0.39, 0.29) is 0 Å². The summed E-state index contributed by atoms with van der Waals surface area (Å²) < 4.78 is 0. The third kappa shape index (κ3) is 1.37. The Morgan fingerprint density at radius 3 is 3.10 bits per heavy atom. The molecule has 0 saturated heterocycles. The van der Waals surface area contributed by atoms with E-state index in [0.717, 1.165) is 6.54 Å². The minimum atomic E-state index is -0.668. The molecule has 58 valence electrons. The third-order valence-corrected chi connectivity index (χ3v) is 1.25. The molecule has 10 heavy (non-hydrogen) atoms. The molecular formula is C5H12N4O. The fraction of sp³-hybridized carbons (Fsp3) is 0.800. The molecule has 0 amide bonds. The van der Waals surface area contributed by atoms with E-state index in [0.29, 0.717) is 12.5 Å². The fourth-order valence-corrected chi connectivity index (χ4v) is 0.856. The zero-order valence-electron chi connectivity index (χ0n) is 5.91. The van der Waals surface area contributed by atoms with Crippen molar-refractivity contribution in [1.82, 2.24) is 10.4 Å². The van der Waals surface area contributed by atoms with Crippen LogP contribution in [0.2, 0.25) is 0 Å². The summed E-state index contributed by atoms with van der Waals surface area (Å²) in [5.41, 5.74) is 8.35. The number of hydrogen-bond acceptors (Lipinski definition) is 5. The molecule has 0 fully saturated rings. The van der Waals surface area contributed by atoms with Gasteiger partial charge >= 0.3 is 0 Å². The quantitative estimate of drug-likeness (QED) is 0.439. The van der Waals surface area contributed by atoms with Gasteiger partial charge in [-0.15, -0.1) is 0 Å². The standard InChI is InChI=1S/C5H12N4O/c1-2-7-9-3-4(10)8-5(9)6/h4,7,10H,2-3H2,1H3,(H2,6,8). The monoisotopic (exact) mass is 144 g/mol. The van der Waals surface area contributed by atoms with Crippen LogP contribution in [0.1, 0.15) is 6.92 Å². The Bertz CT molecular complexity index is 147. The molecule has 1 atom stereocenters. The molecule has 5 heteroatoms. The van der Waals surface area contributed by atoms with Crippen molar-refractivity contribution < 1.29 is 5.11 Å². The Labute approximate surface area is 59.5 Å². The minimum absolute atomic E-state index is 0.356. The molecule has 1 unspecified atom stereocenters. The number of aliphatic hydroxyl groups excluding tert-OH is 1. The largest absolute Gasteiger partial charge is 0.370 e. The molecule has 1 aliphatic rings. The molecular weight excluding hydrogens is 132 g/mol. The summed E-state index contributed by atoms with van der Waals surface area (Å²) in [5, 5.41) is 10.6. The lowest BCUT2D eigenvalue weighted by Gasteiger charge is -2.16. The van der Waals surface area contributed by atoms with Gasteiger partial charge < -0.3 is 10.8 Å². The first kappa shape index (κ1) is 7.30. The first-order valence-corrected chi connectivity index (χ1v) is 3.26. The predicted molar refractivity (Wildman–Crippen MR) is 38.0 cm³/mol. The zero-order chi connectivity index (χ0) is 7.56. The highest BCUT2D eigenvalue weighted by Gasteiger charge is 2.19. The molecule has 0 saturated carbocycles. The van der Waals surface area contributed by atoms with E-state index in [4.69, 9.17) is 10.8 Å². The fourth-order valence-electron chi connectivity index (χ4n) is 0.856. The molecule has 0 spiro atoms. The second-order valence-electron chi connectivity index (χ2n) is 2.09. The maximum Gasteiger partial charge on any atom is 0.208 e. The van der Waals surface area contributed by atoms with Gasteiger partial charge in [0.2, 0.25) is 5.96 Å². The van der Waals surface area contributed by atoms with Gasteiger partial charge in [-0.25, -0.2) is 10.4 Å². The zero-order valence-corrected chi connectivity index (χ0v) is 5.91. The summed E-state index contributed by atoms with van der Waals surface area (Å²) in [5.74, 6) is 0.356. The Kier molecular flexibility index (Phi) is 2.08. The molecule has 0 aromatic carbocycles. The number of rotatable bonds is 2. The van der Waals surface area contributed by atoms with Gasteiger partial charge in [-0.2, -0.15) is 0 Å². The maximum atomic E-state index is 8.95. The summed E-state index contributed by atoms with van der Waals surface area (Å²) in [6, 6.07) is 0. The van der Waals surface area contributed by atoms with Gasteiger partial charge in [0.15, 0.2) is 6.23 Å². The number of aliphatic hydroxyl groups is 1. The Morgan fingerprint density at radius 2 is 2.70 bits per heavy atom.